The van der Waals surface area contributed by atoms with Gasteiger partial charge in [0.05, 0.1) is 5.92 Å². The van der Waals surface area contributed by atoms with E-state index in [-0.39, 0.29) is 5.92 Å². The normalized spacial score (nSPS) is 15.8. The van der Waals surface area contributed by atoms with Crippen molar-refractivity contribution in [1.82, 2.24) is 4.90 Å². The Morgan fingerprint density at radius 1 is 1.04 bits per heavy atom. The molecule has 2 aromatic carbocycles. The third-order valence-electron chi connectivity index (χ3n) is 4.80. The molecule has 0 aromatic heterocycles. The van der Waals surface area contributed by atoms with Crippen LogP contribution in [0.4, 0.5) is 0 Å². The monoisotopic (exact) mass is 339 g/mol. The van der Waals surface area contributed by atoms with Crippen LogP contribution in [-0.4, -0.2) is 35.6 Å². The largest absolute Gasteiger partial charge is 0.481 e. The predicted molar refractivity (Wildman–Crippen MR) is 98.1 cm³/mol. The maximum absolute atomic E-state index is 11.0. The molecule has 1 aliphatic rings. The van der Waals surface area contributed by atoms with E-state index < -0.39 is 5.97 Å². The van der Waals surface area contributed by atoms with Crippen molar-refractivity contribution < 1.29 is 14.6 Å². The number of hydrogen-bond acceptors (Lipinski definition) is 3. The van der Waals surface area contributed by atoms with Crippen LogP contribution in [0.1, 0.15) is 24.8 Å². The minimum Gasteiger partial charge on any atom is -0.481 e. The lowest BCUT2D eigenvalue weighted by atomic mass is 9.97. The molecule has 0 radical (unpaired) electrons. The van der Waals surface area contributed by atoms with Gasteiger partial charge < -0.3 is 14.7 Å². The fraction of sp³-hybridized carbons (Fsp3) is 0.381. The van der Waals surface area contributed by atoms with Crippen LogP contribution in [0.15, 0.2) is 54.6 Å². The van der Waals surface area contributed by atoms with Gasteiger partial charge in [0.25, 0.3) is 0 Å². The van der Waals surface area contributed by atoms with Crippen molar-refractivity contribution in [3.8, 4) is 11.5 Å². The summed E-state index contributed by atoms with van der Waals surface area (Å²) in [4.78, 5) is 13.4. The summed E-state index contributed by atoms with van der Waals surface area (Å²) in [6, 6.07) is 18.0. The van der Waals surface area contributed by atoms with Crippen LogP contribution in [0.2, 0.25) is 0 Å². The van der Waals surface area contributed by atoms with Gasteiger partial charge >= 0.3 is 5.97 Å². The van der Waals surface area contributed by atoms with Crippen LogP contribution >= 0.6 is 0 Å². The summed E-state index contributed by atoms with van der Waals surface area (Å²) >= 11 is 0. The Labute approximate surface area is 149 Å². The molecule has 0 spiro atoms. The van der Waals surface area contributed by atoms with E-state index in [1.165, 1.54) is 5.56 Å². The van der Waals surface area contributed by atoms with E-state index in [2.05, 4.69) is 11.0 Å². The fourth-order valence-corrected chi connectivity index (χ4v) is 3.32. The van der Waals surface area contributed by atoms with Gasteiger partial charge in [-0.05, 0) is 69.1 Å². The smallest absolute Gasteiger partial charge is 0.306 e. The number of nitrogens with zero attached hydrogens (tertiary/aromatic N) is 1. The summed E-state index contributed by atoms with van der Waals surface area (Å²) in [5, 5.41) is 9.07. The Hall–Kier alpha value is -2.33. The van der Waals surface area contributed by atoms with Crippen LogP contribution in [0.5, 0.6) is 11.5 Å². The summed E-state index contributed by atoms with van der Waals surface area (Å²) in [7, 11) is 0. The van der Waals surface area contributed by atoms with Crippen LogP contribution in [-0.2, 0) is 11.2 Å². The molecule has 0 unspecified atom stereocenters. The zero-order valence-electron chi connectivity index (χ0n) is 14.4. The van der Waals surface area contributed by atoms with Crippen molar-refractivity contribution in [2.75, 3.05) is 19.6 Å². The Morgan fingerprint density at radius 3 is 2.44 bits per heavy atom. The number of carboxylic acids is 1. The van der Waals surface area contributed by atoms with Gasteiger partial charge in [-0.3, -0.25) is 4.79 Å². The van der Waals surface area contributed by atoms with E-state index in [9.17, 15) is 4.79 Å². The quantitative estimate of drug-likeness (QED) is 0.821. The van der Waals surface area contributed by atoms with E-state index in [0.29, 0.717) is 0 Å². The van der Waals surface area contributed by atoms with E-state index in [0.717, 1.165) is 56.8 Å². The van der Waals surface area contributed by atoms with Gasteiger partial charge in [0.1, 0.15) is 11.5 Å². The average Bonchev–Trinajstić information content (AvgIpc) is 2.64. The number of likely N-dealkylation sites (tertiary alicyclic amines) is 1. The molecule has 4 nitrogen and oxygen atoms in total. The Balaban J connectivity index is 1.50. The zero-order valence-corrected chi connectivity index (χ0v) is 14.4. The van der Waals surface area contributed by atoms with Gasteiger partial charge in [0, 0.05) is 0 Å². The molecular weight excluding hydrogens is 314 g/mol. The summed E-state index contributed by atoms with van der Waals surface area (Å²) < 4.78 is 6.01. The number of hydrogen-bond donors (Lipinski definition) is 1. The number of carbonyl (C=O) groups is 1. The lowest BCUT2D eigenvalue weighted by Gasteiger charge is -2.29. The van der Waals surface area contributed by atoms with E-state index in [1.54, 1.807) is 0 Å². The van der Waals surface area contributed by atoms with Crippen molar-refractivity contribution >= 4 is 5.97 Å². The Kier molecular flexibility index (Phi) is 6.07. The summed E-state index contributed by atoms with van der Waals surface area (Å²) in [6.07, 6.45) is 3.54. The molecule has 1 N–H and O–H groups in total. The molecule has 1 aliphatic heterocycles. The van der Waals surface area contributed by atoms with Gasteiger partial charge in [0.15, 0.2) is 0 Å². The van der Waals surface area contributed by atoms with Crippen LogP contribution in [0.25, 0.3) is 0 Å². The molecule has 132 valence electrons. The number of ether oxygens (including phenoxy) is 1. The second kappa shape index (κ2) is 8.67. The minimum absolute atomic E-state index is 0.156. The first-order valence-electron chi connectivity index (χ1n) is 8.98. The van der Waals surface area contributed by atoms with Crippen LogP contribution < -0.4 is 4.74 Å². The molecule has 1 fully saturated rings. The highest BCUT2D eigenvalue weighted by Gasteiger charge is 2.23. The van der Waals surface area contributed by atoms with Crippen molar-refractivity contribution in [3.63, 3.8) is 0 Å². The molecule has 4 heteroatoms. The first kappa shape index (κ1) is 17.5. The number of rotatable bonds is 7. The van der Waals surface area contributed by atoms with Crippen molar-refractivity contribution in [2.24, 2.45) is 5.92 Å². The Bertz CT molecular complexity index is 679. The molecule has 1 heterocycles. The highest BCUT2D eigenvalue weighted by atomic mass is 16.5. The minimum atomic E-state index is -0.647. The maximum Gasteiger partial charge on any atom is 0.306 e. The number of carboxylic acid groups (broad SMARTS) is 1. The molecule has 3 rings (SSSR count). The number of aryl methyl sites for hydroxylation is 1. The van der Waals surface area contributed by atoms with Crippen LogP contribution in [0, 0.1) is 5.92 Å². The molecule has 0 bridgehead atoms. The first-order valence-corrected chi connectivity index (χ1v) is 8.98. The summed E-state index contributed by atoms with van der Waals surface area (Å²) in [5.74, 6) is 0.965. The topological polar surface area (TPSA) is 49.8 Å². The highest BCUT2D eigenvalue weighted by Crippen LogP contribution is 2.26. The van der Waals surface area contributed by atoms with Crippen molar-refractivity contribution in [1.29, 1.82) is 0 Å². The lowest BCUT2D eigenvalue weighted by Crippen LogP contribution is -2.36. The molecule has 0 aliphatic carbocycles. The molecular formula is C21H25NO3. The number of para-hydroxylation sites is 2. The highest BCUT2D eigenvalue weighted by molar-refractivity contribution is 5.70. The summed E-state index contributed by atoms with van der Waals surface area (Å²) in [6.45, 7) is 2.78. The van der Waals surface area contributed by atoms with E-state index >= 15 is 0 Å². The average molecular weight is 339 g/mol. The number of aliphatic carboxylic acids is 1. The van der Waals surface area contributed by atoms with Gasteiger partial charge in [-0.1, -0.05) is 36.4 Å². The summed E-state index contributed by atoms with van der Waals surface area (Å²) in [5.41, 5.74) is 1.21. The van der Waals surface area contributed by atoms with Crippen molar-refractivity contribution in [3.05, 3.63) is 60.2 Å². The standard InChI is InChI=1S/C21H25NO3/c23-21(24)18-12-15-22(16-13-18)14-6-8-17-7-4-5-11-20(17)25-19-9-2-1-3-10-19/h1-5,7,9-11,18H,6,8,12-16H2,(H,23,24). The predicted octanol–water partition coefficient (Wildman–Crippen LogP) is 4.21. The van der Waals surface area contributed by atoms with Gasteiger partial charge in [-0.2, -0.15) is 0 Å². The van der Waals surface area contributed by atoms with Crippen molar-refractivity contribution in [2.45, 2.75) is 25.7 Å². The number of piperidine rings is 1. The lowest BCUT2D eigenvalue weighted by molar-refractivity contribution is -0.143. The molecule has 0 amide bonds. The van der Waals surface area contributed by atoms with Gasteiger partial charge in [-0.15, -0.1) is 0 Å². The SMILES string of the molecule is O=C(O)C1CCN(CCCc2ccccc2Oc2ccccc2)CC1. The molecule has 25 heavy (non-hydrogen) atoms. The second-order valence-corrected chi connectivity index (χ2v) is 6.58. The zero-order chi connectivity index (χ0) is 17.5. The molecule has 1 saturated heterocycles. The van der Waals surface area contributed by atoms with Gasteiger partial charge in [-0.25, -0.2) is 0 Å². The van der Waals surface area contributed by atoms with E-state index in [1.807, 2.05) is 48.5 Å². The Morgan fingerprint density at radius 2 is 1.72 bits per heavy atom. The third kappa shape index (κ3) is 5.07. The number of benzene rings is 2. The molecule has 0 atom stereocenters. The first-order chi connectivity index (χ1) is 12.2. The second-order valence-electron chi connectivity index (χ2n) is 6.58. The molecule has 0 saturated carbocycles. The fourth-order valence-electron chi connectivity index (χ4n) is 3.32. The molecule has 2 aromatic rings. The van der Waals surface area contributed by atoms with Crippen LogP contribution in [0.3, 0.4) is 0 Å². The third-order valence-corrected chi connectivity index (χ3v) is 4.80. The van der Waals surface area contributed by atoms with Gasteiger partial charge in [0.2, 0.25) is 0 Å². The maximum atomic E-state index is 11.0. The van der Waals surface area contributed by atoms with E-state index in [4.69, 9.17) is 9.84 Å².